The number of hydrogen-bond donors (Lipinski definition) is 2. The average Bonchev–Trinajstić information content (AvgIpc) is 2.24. The van der Waals surface area contributed by atoms with Gasteiger partial charge < -0.3 is 15.3 Å². The third kappa shape index (κ3) is 2.45. The Labute approximate surface area is 85.3 Å². The number of hydrogen-bond acceptors (Lipinski definition) is 3. The zero-order valence-corrected chi connectivity index (χ0v) is 9.21. The molecule has 2 N–H and O–H groups in total. The fourth-order valence-corrected chi connectivity index (χ4v) is 1.77. The second-order valence-corrected chi connectivity index (χ2v) is 4.63. The molecule has 0 aliphatic carbocycles. The largest absolute Gasteiger partial charge is 0.394 e. The van der Waals surface area contributed by atoms with Crippen LogP contribution in [0.3, 0.4) is 0 Å². The van der Waals surface area contributed by atoms with Gasteiger partial charge in [0.15, 0.2) is 0 Å². The van der Waals surface area contributed by atoms with E-state index in [-0.39, 0.29) is 17.9 Å². The predicted molar refractivity (Wildman–Crippen MR) is 54.9 cm³/mol. The molecule has 0 aromatic rings. The summed E-state index contributed by atoms with van der Waals surface area (Å²) in [5.74, 6) is 0.0144. The Hall–Kier alpha value is -0.610. The third-order valence-electron chi connectivity index (χ3n) is 2.62. The standard InChI is InChI=1S/C10H20N2O2/c1-4-12-7-10(2,3)6-11-8(5-13)9(12)14/h8,11,13H,4-7H2,1-3H3. The van der Waals surface area contributed by atoms with Crippen molar-refractivity contribution in [1.82, 2.24) is 10.2 Å². The molecule has 1 atom stereocenters. The van der Waals surface area contributed by atoms with Gasteiger partial charge in [0.1, 0.15) is 6.04 Å². The van der Waals surface area contributed by atoms with E-state index in [1.807, 2.05) is 6.92 Å². The quantitative estimate of drug-likeness (QED) is 0.650. The van der Waals surface area contributed by atoms with E-state index in [1.165, 1.54) is 0 Å². The molecule has 0 bridgehead atoms. The highest BCUT2D eigenvalue weighted by molar-refractivity contribution is 5.82. The monoisotopic (exact) mass is 200 g/mol. The average molecular weight is 200 g/mol. The van der Waals surface area contributed by atoms with Gasteiger partial charge in [-0.1, -0.05) is 13.8 Å². The minimum absolute atomic E-state index is 0.0144. The molecule has 1 amide bonds. The van der Waals surface area contributed by atoms with Crippen molar-refractivity contribution in [2.45, 2.75) is 26.8 Å². The van der Waals surface area contributed by atoms with Crippen molar-refractivity contribution in [1.29, 1.82) is 0 Å². The second kappa shape index (κ2) is 4.28. The lowest BCUT2D eigenvalue weighted by molar-refractivity contribution is -0.133. The number of aliphatic hydroxyl groups is 1. The highest BCUT2D eigenvalue weighted by Gasteiger charge is 2.32. The highest BCUT2D eigenvalue weighted by Crippen LogP contribution is 2.19. The first kappa shape index (κ1) is 11.5. The summed E-state index contributed by atoms with van der Waals surface area (Å²) in [5, 5.41) is 12.2. The molecule has 1 saturated heterocycles. The van der Waals surface area contributed by atoms with Crippen molar-refractivity contribution in [3.05, 3.63) is 0 Å². The summed E-state index contributed by atoms with van der Waals surface area (Å²) in [4.78, 5) is 13.6. The zero-order chi connectivity index (χ0) is 10.8. The van der Waals surface area contributed by atoms with Gasteiger partial charge in [-0.05, 0) is 12.3 Å². The van der Waals surface area contributed by atoms with Crippen molar-refractivity contribution in [3.63, 3.8) is 0 Å². The summed E-state index contributed by atoms with van der Waals surface area (Å²) in [6.07, 6.45) is 0. The number of amides is 1. The van der Waals surface area contributed by atoms with Crippen LogP contribution in [-0.4, -0.2) is 48.2 Å². The molecular formula is C10H20N2O2. The molecule has 1 aliphatic heterocycles. The SMILES string of the molecule is CCN1CC(C)(C)CNC(CO)C1=O. The molecule has 0 spiro atoms. The van der Waals surface area contributed by atoms with Crippen LogP contribution in [0.1, 0.15) is 20.8 Å². The highest BCUT2D eigenvalue weighted by atomic mass is 16.3. The van der Waals surface area contributed by atoms with Crippen molar-refractivity contribution in [3.8, 4) is 0 Å². The lowest BCUT2D eigenvalue weighted by atomic mass is 9.93. The molecule has 0 radical (unpaired) electrons. The Morgan fingerprint density at radius 1 is 1.64 bits per heavy atom. The number of aliphatic hydroxyl groups excluding tert-OH is 1. The van der Waals surface area contributed by atoms with Crippen molar-refractivity contribution >= 4 is 5.91 Å². The first-order valence-electron chi connectivity index (χ1n) is 5.13. The molecule has 4 heteroatoms. The number of carbonyl (C=O) groups is 1. The molecule has 4 nitrogen and oxygen atoms in total. The molecule has 1 unspecified atom stereocenters. The number of rotatable bonds is 2. The third-order valence-corrected chi connectivity index (χ3v) is 2.62. The molecule has 1 fully saturated rings. The van der Waals surface area contributed by atoms with Crippen LogP contribution in [0, 0.1) is 5.41 Å². The van der Waals surface area contributed by atoms with E-state index in [9.17, 15) is 4.79 Å². The van der Waals surface area contributed by atoms with Gasteiger partial charge in [0.05, 0.1) is 6.61 Å². The molecule has 0 saturated carbocycles. The maximum Gasteiger partial charge on any atom is 0.242 e. The number of nitrogens with zero attached hydrogens (tertiary/aromatic N) is 1. The molecular weight excluding hydrogens is 180 g/mol. The summed E-state index contributed by atoms with van der Waals surface area (Å²) in [6.45, 7) is 8.32. The van der Waals surface area contributed by atoms with E-state index in [0.717, 1.165) is 13.1 Å². The fraction of sp³-hybridized carbons (Fsp3) is 0.900. The Morgan fingerprint density at radius 3 is 2.79 bits per heavy atom. The zero-order valence-electron chi connectivity index (χ0n) is 9.21. The van der Waals surface area contributed by atoms with E-state index in [4.69, 9.17) is 5.11 Å². The number of nitrogens with one attached hydrogen (secondary N) is 1. The van der Waals surface area contributed by atoms with Crippen LogP contribution in [0.5, 0.6) is 0 Å². The number of carbonyl (C=O) groups excluding carboxylic acids is 1. The van der Waals surface area contributed by atoms with Gasteiger partial charge in [-0.2, -0.15) is 0 Å². The van der Waals surface area contributed by atoms with Crippen LogP contribution in [-0.2, 0) is 4.79 Å². The number of likely N-dealkylation sites (N-methyl/N-ethyl adjacent to an activating group) is 1. The fourth-order valence-electron chi connectivity index (χ4n) is 1.77. The van der Waals surface area contributed by atoms with Gasteiger partial charge in [0.25, 0.3) is 0 Å². The van der Waals surface area contributed by atoms with Gasteiger partial charge in [0.2, 0.25) is 5.91 Å². The van der Waals surface area contributed by atoms with Crippen LogP contribution in [0.25, 0.3) is 0 Å². The van der Waals surface area contributed by atoms with Crippen LogP contribution in [0.4, 0.5) is 0 Å². The van der Waals surface area contributed by atoms with E-state index in [0.29, 0.717) is 6.54 Å². The molecule has 0 aromatic heterocycles. The first-order valence-corrected chi connectivity index (χ1v) is 5.13. The Morgan fingerprint density at radius 2 is 2.29 bits per heavy atom. The Kier molecular flexibility index (Phi) is 3.50. The van der Waals surface area contributed by atoms with Crippen LogP contribution < -0.4 is 5.32 Å². The minimum atomic E-state index is -0.420. The topological polar surface area (TPSA) is 52.6 Å². The van der Waals surface area contributed by atoms with Crippen molar-refractivity contribution in [2.75, 3.05) is 26.2 Å². The van der Waals surface area contributed by atoms with Gasteiger partial charge in [-0.25, -0.2) is 0 Å². The van der Waals surface area contributed by atoms with Crippen molar-refractivity contribution < 1.29 is 9.90 Å². The normalized spacial score (nSPS) is 27.6. The van der Waals surface area contributed by atoms with Crippen LogP contribution >= 0.6 is 0 Å². The second-order valence-electron chi connectivity index (χ2n) is 4.63. The summed E-state index contributed by atoms with van der Waals surface area (Å²) < 4.78 is 0. The Bertz CT molecular complexity index is 216. The van der Waals surface area contributed by atoms with Gasteiger partial charge >= 0.3 is 0 Å². The summed E-state index contributed by atoms with van der Waals surface area (Å²) in [6, 6.07) is -0.420. The van der Waals surface area contributed by atoms with Crippen LogP contribution in [0.15, 0.2) is 0 Å². The molecule has 82 valence electrons. The molecule has 0 aromatic carbocycles. The smallest absolute Gasteiger partial charge is 0.242 e. The van der Waals surface area contributed by atoms with Gasteiger partial charge in [-0.3, -0.25) is 4.79 Å². The molecule has 14 heavy (non-hydrogen) atoms. The van der Waals surface area contributed by atoms with E-state index >= 15 is 0 Å². The summed E-state index contributed by atoms with van der Waals surface area (Å²) in [5.41, 5.74) is 0.0790. The van der Waals surface area contributed by atoms with Gasteiger partial charge in [-0.15, -0.1) is 0 Å². The lowest BCUT2D eigenvalue weighted by Crippen LogP contribution is -2.45. The van der Waals surface area contributed by atoms with E-state index in [2.05, 4.69) is 19.2 Å². The predicted octanol–water partition coefficient (Wildman–Crippen LogP) is -0.175. The van der Waals surface area contributed by atoms with Crippen LogP contribution in [0.2, 0.25) is 0 Å². The maximum absolute atomic E-state index is 11.8. The van der Waals surface area contributed by atoms with Crippen molar-refractivity contribution in [2.24, 2.45) is 5.41 Å². The van der Waals surface area contributed by atoms with Gasteiger partial charge in [0, 0.05) is 19.6 Å². The summed E-state index contributed by atoms with van der Waals surface area (Å²) >= 11 is 0. The maximum atomic E-state index is 11.8. The molecule has 1 aliphatic rings. The van der Waals surface area contributed by atoms with E-state index in [1.54, 1.807) is 4.90 Å². The minimum Gasteiger partial charge on any atom is -0.394 e. The van der Waals surface area contributed by atoms with E-state index < -0.39 is 6.04 Å². The molecule has 1 rings (SSSR count). The summed E-state index contributed by atoms with van der Waals surface area (Å²) in [7, 11) is 0. The lowest BCUT2D eigenvalue weighted by Gasteiger charge is -2.28. The first-order chi connectivity index (χ1) is 6.50. The Balaban J connectivity index is 2.78. The molecule has 1 heterocycles.